The molecule has 0 aliphatic heterocycles. The first-order chi connectivity index (χ1) is 10.2. The molecule has 1 saturated carbocycles. The highest BCUT2D eigenvalue weighted by atomic mass is 16.4. The topological polar surface area (TPSA) is 72.2 Å². The fourth-order valence-electron chi connectivity index (χ4n) is 3.13. The molecular weight excluding hydrogens is 268 g/mol. The molecule has 0 radical (unpaired) electrons. The Morgan fingerprint density at radius 2 is 1.86 bits per heavy atom. The number of aromatic nitrogens is 2. The molecule has 0 atom stereocenters. The zero-order valence-corrected chi connectivity index (χ0v) is 11.8. The third-order valence-corrected chi connectivity index (χ3v) is 4.23. The number of nitrogens with zero attached hydrogens (tertiary/aromatic N) is 2. The number of carboxylic acid groups (broad SMARTS) is 1. The van der Waals surface area contributed by atoms with Crippen molar-refractivity contribution in [3.8, 4) is 0 Å². The molecule has 1 aliphatic carbocycles. The minimum Gasteiger partial charge on any atom is -0.476 e. The predicted octanol–water partition coefficient (Wildman–Crippen LogP) is 2.68. The van der Waals surface area contributed by atoms with E-state index in [0.717, 1.165) is 12.8 Å². The summed E-state index contributed by atoms with van der Waals surface area (Å²) < 4.78 is 1.35. The molecule has 1 heterocycles. The quantitative estimate of drug-likeness (QED) is 0.941. The molecule has 1 N–H and O–H groups in total. The van der Waals surface area contributed by atoms with Crippen LogP contribution >= 0.6 is 0 Å². The molecule has 1 aromatic carbocycles. The van der Waals surface area contributed by atoms with Crippen LogP contribution in [-0.4, -0.2) is 20.9 Å². The summed E-state index contributed by atoms with van der Waals surface area (Å²) in [6, 6.07) is 6.78. The lowest BCUT2D eigenvalue weighted by Gasteiger charge is -2.22. The number of rotatable bonds is 3. The maximum absolute atomic E-state index is 12.5. The van der Waals surface area contributed by atoms with Crippen LogP contribution in [0.1, 0.15) is 42.6 Å². The average Bonchev–Trinajstić information content (AvgIpc) is 2.51. The van der Waals surface area contributed by atoms with Gasteiger partial charge in [-0.25, -0.2) is 9.48 Å². The molecule has 5 heteroatoms. The Balaban J connectivity index is 2.07. The van der Waals surface area contributed by atoms with Gasteiger partial charge in [0.25, 0.3) is 5.56 Å². The lowest BCUT2D eigenvalue weighted by molar-refractivity contribution is 0.0689. The Hall–Kier alpha value is -2.17. The van der Waals surface area contributed by atoms with Gasteiger partial charge in [0.05, 0.1) is 5.39 Å². The van der Waals surface area contributed by atoms with E-state index in [2.05, 4.69) is 5.10 Å². The van der Waals surface area contributed by atoms with Gasteiger partial charge < -0.3 is 5.11 Å². The Morgan fingerprint density at radius 3 is 2.52 bits per heavy atom. The number of carbonyl (C=O) groups is 1. The highest BCUT2D eigenvalue weighted by Crippen LogP contribution is 2.24. The molecule has 21 heavy (non-hydrogen) atoms. The van der Waals surface area contributed by atoms with Gasteiger partial charge in [-0.2, -0.15) is 5.10 Å². The maximum atomic E-state index is 12.5. The zero-order valence-electron chi connectivity index (χ0n) is 11.8. The van der Waals surface area contributed by atoms with Gasteiger partial charge in [0.15, 0.2) is 5.69 Å². The van der Waals surface area contributed by atoms with Gasteiger partial charge in [0, 0.05) is 11.9 Å². The number of hydrogen-bond donors (Lipinski definition) is 1. The third-order valence-electron chi connectivity index (χ3n) is 4.23. The van der Waals surface area contributed by atoms with E-state index < -0.39 is 5.97 Å². The fourth-order valence-corrected chi connectivity index (χ4v) is 3.13. The van der Waals surface area contributed by atoms with Crippen LogP contribution in [0, 0.1) is 5.92 Å². The van der Waals surface area contributed by atoms with E-state index in [4.69, 9.17) is 0 Å². The molecule has 1 aromatic heterocycles. The van der Waals surface area contributed by atoms with Gasteiger partial charge in [0.2, 0.25) is 0 Å². The fraction of sp³-hybridized carbons (Fsp3) is 0.438. The van der Waals surface area contributed by atoms with Crippen molar-refractivity contribution in [1.82, 2.24) is 9.78 Å². The summed E-state index contributed by atoms with van der Waals surface area (Å²) >= 11 is 0. The van der Waals surface area contributed by atoms with E-state index in [-0.39, 0.29) is 11.3 Å². The van der Waals surface area contributed by atoms with E-state index in [1.54, 1.807) is 24.3 Å². The Bertz CT molecular complexity index is 730. The summed E-state index contributed by atoms with van der Waals surface area (Å²) in [7, 11) is 0. The highest BCUT2D eigenvalue weighted by molar-refractivity contribution is 6.01. The van der Waals surface area contributed by atoms with Crippen molar-refractivity contribution >= 4 is 16.7 Å². The molecule has 0 amide bonds. The van der Waals surface area contributed by atoms with Crippen LogP contribution in [0.4, 0.5) is 0 Å². The monoisotopic (exact) mass is 286 g/mol. The summed E-state index contributed by atoms with van der Waals surface area (Å²) in [5.41, 5.74) is -0.234. The maximum Gasteiger partial charge on any atom is 0.357 e. The van der Waals surface area contributed by atoms with Crippen LogP contribution in [0.3, 0.4) is 0 Å². The van der Waals surface area contributed by atoms with Crippen LogP contribution < -0.4 is 5.56 Å². The van der Waals surface area contributed by atoms with E-state index in [1.807, 2.05) is 0 Å². The highest BCUT2D eigenvalue weighted by Gasteiger charge is 2.19. The first-order valence-corrected chi connectivity index (χ1v) is 7.40. The van der Waals surface area contributed by atoms with Crippen molar-refractivity contribution in [1.29, 1.82) is 0 Å². The van der Waals surface area contributed by atoms with Crippen molar-refractivity contribution in [2.75, 3.05) is 0 Å². The number of carboxylic acids is 1. The average molecular weight is 286 g/mol. The summed E-state index contributed by atoms with van der Waals surface area (Å²) in [5.74, 6) is -0.671. The smallest absolute Gasteiger partial charge is 0.357 e. The van der Waals surface area contributed by atoms with Gasteiger partial charge in [-0.3, -0.25) is 4.79 Å². The van der Waals surface area contributed by atoms with Gasteiger partial charge in [-0.15, -0.1) is 0 Å². The second-order valence-electron chi connectivity index (χ2n) is 5.69. The largest absolute Gasteiger partial charge is 0.476 e. The van der Waals surface area contributed by atoms with E-state index in [1.165, 1.54) is 23.9 Å². The Morgan fingerprint density at radius 1 is 1.19 bits per heavy atom. The second kappa shape index (κ2) is 5.68. The molecule has 0 bridgehead atoms. The molecule has 110 valence electrons. The van der Waals surface area contributed by atoms with Crippen LogP contribution in [0.15, 0.2) is 29.1 Å². The van der Waals surface area contributed by atoms with Crippen molar-refractivity contribution in [3.05, 3.63) is 40.3 Å². The van der Waals surface area contributed by atoms with Crippen molar-refractivity contribution in [2.45, 2.75) is 38.6 Å². The lowest BCUT2D eigenvalue weighted by Crippen LogP contribution is -2.29. The summed E-state index contributed by atoms with van der Waals surface area (Å²) in [6.45, 7) is 0.518. The van der Waals surface area contributed by atoms with E-state index >= 15 is 0 Å². The van der Waals surface area contributed by atoms with Gasteiger partial charge in [0.1, 0.15) is 0 Å². The Kier molecular flexibility index (Phi) is 3.73. The van der Waals surface area contributed by atoms with Crippen molar-refractivity contribution < 1.29 is 9.90 Å². The van der Waals surface area contributed by atoms with E-state index in [0.29, 0.717) is 23.2 Å². The molecule has 2 aromatic rings. The molecule has 5 nitrogen and oxygen atoms in total. The third kappa shape index (κ3) is 2.68. The zero-order chi connectivity index (χ0) is 14.8. The van der Waals surface area contributed by atoms with E-state index in [9.17, 15) is 14.7 Å². The summed E-state index contributed by atoms with van der Waals surface area (Å²) in [4.78, 5) is 23.9. The SMILES string of the molecule is O=C(O)c1nn(CC2CCCCC2)c(=O)c2ccccc12. The van der Waals surface area contributed by atoms with Crippen LogP contribution in [0.5, 0.6) is 0 Å². The number of fused-ring (bicyclic) bond motifs is 1. The van der Waals surface area contributed by atoms with Crippen LogP contribution in [0.25, 0.3) is 10.8 Å². The van der Waals surface area contributed by atoms with Crippen LogP contribution in [0.2, 0.25) is 0 Å². The van der Waals surface area contributed by atoms with Gasteiger partial charge >= 0.3 is 5.97 Å². The molecule has 0 unspecified atom stereocenters. The lowest BCUT2D eigenvalue weighted by atomic mass is 9.89. The van der Waals surface area contributed by atoms with Crippen molar-refractivity contribution in [3.63, 3.8) is 0 Å². The summed E-state index contributed by atoms with van der Waals surface area (Å²) in [6.07, 6.45) is 5.78. The van der Waals surface area contributed by atoms with Gasteiger partial charge in [-0.05, 0) is 24.8 Å². The normalized spacial score (nSPS) is 16.2. The predicted molar refractivity (Wildman–Crippen MR) is 79.5 cm³/mol. The molecule has 0 spiro atoms. The molecule has 1 aliphatic rings. The Labute approximate surface area is 122 Å². The number of benzene rings is 1. The van der Waals surface area contributed by atoms with Gasteiger partial charge in [-0.1, -0.05) is 37.5 Å². The molecule has 3 rings (SSSR count). The van der Waals surface area contributed by atoms with Crippen LogP contribution in [-0.2, 0) is 6.54 Å². The number of hydrogen-bond acceptors (Lipinski definition) is 3. The molecule has 1 fully saturated rings. The summed E-state index contributed by atoms with van der Waals surface area (Å²) in [5, 5.41) is 14.3. The second-order valence-corrected chi connectivity index (χ2v) is 5.69. The number of aromatic carboxylic acids is 1. The molecule has 0 saturated heterocycles. The molecular formula is C16H18N2O3. The van der Waals surface area contributed by atoms with Crippen molar-refractivity contribution in [2.24, 2.45) is 5.92 Å². The minimum atomic E-state index is -1.09. The first kappa shape index (κ1) is 13.8. The minimum absolute atomic E-state index is 0.0407. The first-order valence-electron chi connectivity index (χ1n) is 7.40. The standard InChI is InChI=1S/C16H18N2O3/c19-15-13-9-5-4-8-12(13)14(16(20)21)17-18(15)10-11-6-2-1-3-7-11/h4-5,8-9,11H,1-3,6-7,10H2,(H,20,21).